The Morgan fingerprint density at radius 3 is 2.77 bits per heavy atom. The number of carbonyl (C=O) groups excluding carboxylic acids is 1. The Balaban J connectivity index is 1.54. The normalized spacial score (nSPS) is 52.1. The number of ether oxygens (including phenoxy) is 2. The molecule has 9 atom stereocenters. The largest absolute Gasteiger partial charge is 0.479 e. The Hall–Kier alpha value is -1.24. The van der Waals surface area contributed by atoms with Crippen LogP contribution in [-0.2, 0) is 19.1 Å². The molecule has 1 heterocycles. The highest BCUT2D eigenvalue weighted by atomic mass is 16.7. The molecule has 0 radical (unpaired) electrons. The van der Waals surface area contributed by atoms with Crippen molar-refractivity contribution in [3.8, 4) is 0 Å². The summed E-state index contributed by atoms with van der Waals surface area (Å²) in [4.78, 5) is 24.7. The number of fused-ring (bicyclic) bond motifs is 7. The number of hydrogen-bond donors (Lipinski definition) is 2. The summed E-state index contributed by atoms with van der Waals surface area (Å²) in [5.41, 5.74) is -1.06. The molecule has 6 heteroatoms. The molecule has 3 saturated carbocycles. The monoisotopic (exact) mass is 418 g/mol. The standard InChI is InChI=1S/C24H34O6/c1-4-5-19-29-18-11-16-15-7-6-13-10-14(25)8-9-22(13,2)20(15)17(26)12-23(16,3)24(18,30-19)21(27)28/h10,15-20,26H,4-9,11-12H2,1-3H3,(H,27,28)/t15-,16-,17-,18+,19?,20+,22-,23-,24-/m0/s1. The van der Waals surface area contributed by atoms with Gasteiger partial charge in [0.2, 0.25) is 0 Å². The van der Waals surface area contributed by atoms with Crippen LogP contribution in [0.5, 0.6) is 0 Å². The first kappa shape index (κ1) is 20.7. The summed E-state index contributed by atoms with van der Waals surface area (Å²) in [5.74, 6) is -0.356. The van der Waals surface area contributed by atoms with Gasteiger partial charge in [0, 0.05) is 11.8 Å². The Kier molecular flexibility index (Phi) is 4.56. The van der Waals surface area contributed by atoms with Crippen molar-refractivity contribution in [2.45, 2.75) is 96.2 Å². The maximum absolute atomic E-state index is 12.7. The van der Waals surface area contributed by atoms with Crippen LogP contribution in [0, 0.1) is 28.6 Å². The van der Waals surface area contributed by atoms with Crippen LogP contribution in [0.3, 0.4) is 0 Å². The van der Waals surface area contributed by atoms with Gasteiger partial charge in [-0.15, -0.1) is 0 Å². The molecule has 4 fully saturated rings. The van der Waals surface area contributed by atoms with Crippen molar-refractivity contribution < 1.29 is 29.3 Å². The Labute approximate surface area is 178 Å². The van der Waals surface area contributed by atoms with Gasteiger partial charge in [-0.3, -0.25) is 4.79 Å². The molecule has 0 bridgehead atoms. The lowest BCUT2D eigenvalue weighted by atomic mass is 9.45. The van der Waals surface area contributed by atoms with E-state index in [1.54, 1.807) is 0 Å². The van der Waals surface area contributed by atoms with E-state index in [1.807, 2.05) is 19.9 Å². The number of ketones is 1. The molecule has 5 aliphatic rings. The predicted molar refractivity (Wildman–Crippen MR) is 109 cm³/mol. The van der Waals surface area contributed by atoms with E-state index in [0.29, 0.717) is 25.7 Å². The summed E-state index contributed by atoms with van der Waals surface area (Å²) in [7, 11) is 0. The zero-order valence-corrected chi connectivity index (χ0v) is 18.2. The van der Waals surface area contributed by atoms with Crippen molar-refractivity contribution >= 4 is 11.8 Å². The van der Waals surface area contributed by atoms with Gasteiger partial charge >= 0.3 is 5.97 Å². The lowest BCUT2D eigenvalue weighted by molar-refractivity contribution is -0.213. The van der Waals surface area contributed by atoms with E-state index in [-0.39, 0.29) is 29.0 Å². The van der Waals surface area contributed by atoms with Crippen LogP contribution in [-0.4, -0.2) is 46.1 Å². The van der Waals surface area contributed by atoms with Crippen molar-refractivity contribution in [3.63, 3.8) is 0 Å². The highest BCUT2D eigenvalue weighted by Crippen LogP contribution is 2.70. The molecule has 1 unspecified atom stereocenters. The summed E-state index contributed by atoms with van der Waals surface area (Å²) in [6, 6.07) is 0. The van der Waals surface area contributed by atoms with Crippen LogP contribution >= 0.6 is 0 Å². The number of aliphatic carboxylic acids is 1. The molecule has 5 rings (SSSR count). The molecule has 0 amide bonds. The quantitative estimate of drug-likeness (QED) is 0.729. The molecule has 2 N–H and O–H groups in total. The van der Waals surface area contributed by atoms with Gasteiger partial charge in [-0.25, -0.2) is 4.79 Å². The number of rotatable bonds is 3. The number of carbonyl (C=O) groups is 2. The SMILES string of the molecule is CCCC1O[C@@H]2C[C@H]3[C@@H]4CCC5=CC(=O)CC[C@]5(C)[C@H]4[C@@H](O)C[C@]3(C)[C@]2(C(=O)O)O1. The third-order valence-corrected chi connectivity index (χ3v) is 9.53. The van der Waals surface area contributed by atoms with Crippen molar-refractivity contribution in [2.75, 3.05) is 0 Å². The van der Waals surface area contributed by atoms with E-state index in [4.69, 9.17) is 9.47 Å². The lowest BCUT2D eigenvalue weighted by Gasteiger charge is -2.60. The Morgan fingerprint density at radius 1 is 1.30 bits per heavy atom. The van der Waals surface area contributed by atoms with Crippen LogP contribution in [0.1, 0.15) is 72.1 Å². The van der Waals surface area contributed by atoms with Crippen molar-refractivity contribution in [1.82, 2.24) is 0 Å². The first-order chi connectivity index (χ1) is 14.2. The number of allylic oxidation sites excluding steroid dienone is 1. The molecular formula is C24H34O6. The van der Waals surface area contributed by atoms with Crippen molar-refractivity contribution in [2.24, 2.45) is 28.6 Å². The fourth-order valence-electron chi connectivity index (χ4n) is 8.24. The van der Waals surface area contributed by atoms with E-state index < -0.39 is 35.5 Å². The number of carboxylic acid groups (broad SMARTS) is 1. The maximum Gasteiger partial charge on any atom is 0.339 e. The maximum atomic E-state index is 12.7. The minimum absolute atomic E-state index is 0.0554. The summed E-state index contributed by atoms with van der Waals surface area (Å²) in [6.07, 6.45) is 5.94. The van der Waals surface area contributed by atoms with E-state index >= 15 is 0 Å². The van der Waals surface area contributed by atoms with Crippen molar-refractivity contribution in [3.05, 3.63) is 11.6 Å². The Bertz CT molecular complexity index is 806. The van der Waals surface area contributed by atoms with Crippen LogP contribution in [0.25, 0.3) is 0 Å². The molecule has 0 spiro atoms. The van der Waals surface area contributed by atoms with Gasteiger partial charge in [0.05, 0.1) is 6.10 Å². The second-order valence-corrected chi connectivity index (χ2v) is 10.8. The van der Waals surface area contributed by atoms with Crippen LogP contribution in [0.2, 0.25) is 0 Å². The Morgan fingerprint density at radius 2 is 2.07 bits per heavy atom. The molecule has 0 aromatic carbocycles. The molecule has 1 saturated heterocycles. The van der Waals surface area contributed by atoms with Crippen LogP contribution in [0.4, 0.5) is 0 Å². The number of aliphatic hydroxyl groups excluding tert-OH is 1. The summed E-state index contributed by atoms with van der Waals surface area (Å²) < 4.78 is 12.4. The van der Waals surface area contributed by atoms with Gasteiger partial charge in [0.15, 0.2) is 17.7 Å². The smallest absolute Gasteiger partial charge is 0.339 e. The molecule has 0 aromatic rings. The van der Waals surface area contributed by atoms with Crippen molar-refractivity contribution in [1.29, 1.82) is 0 Å². The first-order valence-electron chi connectivity index (χ1n) is 11.7. The van der Waals surface area contributed by atoms with Gasteiger partial charge in [-0.2, -0.15) is 0 Å². The third kappa shape index (κ3) is 2.41. The number of aliphatic hydroxyl groups is 1. The minimum Gasteiger partial charge on any atom is -0.479 e. The topological polar surface area (TPSA) is 93.1 Å². The summed E-state index contributed by atoms with van der Waals surface area (Å²) in [5, 5.41) is 21.9. The zero-order valence-electron chi connectivity index (χ0n) is 18.2. The molecule has 30 heavy (non-hydrogen) atoms. The molecule has 1 aliphatic heterocycles. The lowest BCUT2D eigenvalue weighted by Crippen LogP contribution is -2.63. The molecule has 6 nitrogen and oxygen atoms in total. The van der Waals surface area contributed by atoms with Gasteiger partial charge in [-0.05, 0) is 67.8 Å². The number of carboxylic acids is 1. The fourth-order valence-corrected chi connectivity index (χ4v) is 8.24. The second-order valence-electron chi connectivity index (χ2n) is 10.8. The first-order valence-corrected chi connectivity index (χ1v) is 11.7. The van der Waals surface area contributed by atoms with Gasteiger partial charge < -0.3 is 19.7 Å². The van der Waals surface area contributed by atoms with Crippen LogP contribution < -0.4 is 0 Å². The van der Waals surface area contributed by atoms with Gasteiger partial charge in [0.1, 0.15) is 6.10 Å². The zero-order chi connectivity index (χ0) is 21.5. The second kappa shape index (κ2) is 6.63. The fraction of sp³-hybridized carbons (Fsp3) is 0.833. The highest BCUT2D eigenvalue weighted by molar-refractivity contribution is 5.91. The molecule has 166 valence electrons. The molecule has 0 aromatic heterocycles. The minimum atomic E-state index is -1.39. The summed E-state index contributed by atoms with van der Waals surface area (Å²) in [6.45, 7) is 6.26. The van der Waals surface area contributed by atoms with Gasteiger partial charge in [0.25, 0.3) is 0 Å². The highest BCUT2D eigenvalue weighted by Gasteiger charge is 2.76. The van der Waals surface area contributed by atoms with Crippen LogP contribution in [0.15, 0.2) is 11.6 Å². The third-order valence-electron chi connectivity index (χ3n) is 9.53. The average molecular weight is 419 g/mol. The van der Waals surface area contributed by atoms with E-state index in [9.17, 15) is 19.8 Å². The van der Waals surface area contributed by atoms with E-state index in [1.165, 1.54) is 5.57 Å². The van der Waals surface area contributed by atoms with E-state index in [2.05, 4.69) is 6.92 Å². The molecular weight excluding hydrogens is 384 g/mol. The molecule has 4 aliphatic carbocycles. The average Bonchev–Trinajstić information content (AvgIpc) is 3.15. The predicted octanol–water partition coefficient (Wildman–Crippen LogP) is 3.46. The van der Waals surface area contributed by atoms with Gasteiger partial charge in [-0.1, -0.05) is 32.8 Å². The summed E-state index contributed by atoms with van der Waals surface area (Å²) >= 11 is 0. The van der Waals surface area contributed by atoms with E-state index in [0.717, 1.165) is 25.7 Å². The number of hydrogen-bond acceptors (Lipinski definition) is 5.